The molecule has 0 bridgehead atoms. The van der Waals surface area contributed by atoms with Gasteiger partial charge < -0.3 is 15.0 Å². The minimum Gasteiger partial charge on any atom is -0.383 e. The van der Waals surface area contributed by atoms with Crippen LogP contribution in [0.15, 0.2) is 12.4 Å². The van der Waals surface area contributed by atoms with Gasteiger partial charge in [-0.2, -0.15) is 0 Å². The van der Waals surface area contributed by atoms with Gasteiger partial charge in [-0.05, 0) is 6.42 Å². The average molecular weight is 328 g/mol. The average Bonchev–Trinajstić information content (AvgIpc) is 2.87. The number of rotatable bonds is 6. The highest BCUT2D eigenvalue weighted by atomic mass is 32.2. The molecule has 8 nitrogen and oxygen atoms in total. The molecule has 1 aliphatic rings. The van der Waals surface area contributed by atoms with Gasteiger partial charge in [-0.3, -0.25) is 4.79 Å². The topological polar surface area (TPSA) is 101 Å². The number of methoxy groups -OCH3 is 1. The van der Waals surface area contributed by atoms with E-state index in [2.05, 4.69) is 15.3 Å². The molecule has 1 fully saturated rings. The smallest absolute Gasteiger partial charge is 0.254 e. The maximum absolute atomic E-state index is 11.8. The first kappa shape index (κ1) is 16.6. The predicted octanol–water partition coefficient (Wildman–Crippen LogP) is -0.524. The largest absolute Gasteiger partial charge is 0.383 e. The quantitative estimate of drug-likeness (QED) is 0.701. The van der Waals surface area contributed by atoms with Crippen LogP contribution in [0.2, 0.25) is 0 Å². The van der Waals surface area contributed by atoms with Crippen LogP contribution in [0.3, 0.4) is 0 Å². The third-order valence-electron chi connectivity index (χ3n) is 3.56. The van der Waals surface area contributed by atoms with E-state index in [1.54, 1.807) is 19.1 Å². The molecular weight excluding hydrogens is 308 g/mol. The standard InChI is InChI=1S/C13H20N4O4S/c1-17(11-3-6-22(19,20)9-11)13-15-7-10(8-16-13)12(18)14-4-5-21-2/h7-8,11H,3-6,9H2,1-2H3,(H,14,18). The molecule has 1 unspecified atom stereocenters. The summed E-state index contributed by atoms with van der Waals surface area (Å²) in [5.74, 6) is 0.457. The second-order valence-corrected chi connectivity index (χ2v) is 7.42. The highest BCUT2D eigenvalue weighted by molar-refractivity contribution is 7.91. The molecule has 1 saturated heterocycles. The maximum Gasteiger partial charge on any atom is 0.254 e. The van der Waals surface area contributed by atoms with Crippen molar-refractivity contribution in [2.75, 3.05) is 43.7 Å². The summed E-state index contributed by atoms with van der Waals surface area (Å²) >= 11 is 0. The van der Waals surface area contributed by atoms with Crippen LogP contribution in [0.4, 0.5) is 5.95 Å². The molecule has 122 valence electrons. The second kappa shape index (κ2) is 7.01. The summed E-state index contributed by atoms with van der Waals surface area (Å²) in [5.41, 5.74) is 0.354. The number of aromatic nitrogens is 2. The summed E-state index contributed by atoms with van der Waals surface area (Å²) in [6.07, 6.45) is 3.44. The minimum atomic E-state index is -2.96. The Balaban J connectivity index is 1.98. The fraction of sp³-hybridized carbons (Fsp3) is 0.615. The molecule has 1 amide bonds. The molecule has 1 N–H and O–H groups in total. The van der Waals surface area contributed by atoms with Crippen molar-refractivity contribution < 1.29 is 17.9 Å². The van der Waals surface area contributed by atoms with Gasteiger partial charge >= 0.3 is 0 Å². The Bertz CT molecular complexity index is 617. The van der Waals surface area contributed by atoms with Crippen molar-refractivity contribution in [1.29, 1.82) is 0 Å². The van der Waals surface area contributed by atoms with E-state index in [1.165, 1.54) is 12.4 Å². The summed E-state index contributed by atoms with van der Waals surface area (Å²) in [7, 11) is 0.366. The molecule has 0 radical (unpaired) electrons. The monoisotopic (exact) mass is 328 g/mol. The number of carbonyl (C=O) groups is 1. The predicted molar refractivity (Wildman–Crippen MR) is 81.7 cm³/mol. The van der Waals surface area contributed by atoms with Gasteiger partial charge in [0.15, 0.2) is 9.84 Å². The summed E-state index contributed by atoms with van der Waals surface area (Å²) in [6.45, 7) is 0.848. The van der Waals surface area contributed by atoms with Crippen molar-refractivity contribution in [2.24, 2.45) is 0 Å². The van der Waals surface area contributed by atoms with Crippen molar-refractivity contribution >= 4 is 21.7 Å². The highest BCUT2D eigenvalue weighted by Crippen LogP contribution is 2.19. The summed E-state index contributed by atoms with van der Waals surface area (Å²) in [5, 5.41) is 2.68. The lowest BCUT2D eigenvalue weighted by Crippen LogP contribution is -2.34. The summed E-state index contributed by atoms with van der Waals surface area (Å²) < 4.78 is 27.9. The number of sulfone groups is 1. The third kappa shape index (κ3) is 4.14. The minimum absolute atomic E-state index is 0.117. The van der Waals surface area contributed by atoms with Gasteiger partial charge in [0.25, 0.3) is 5.91 Å². The van der Waals surface area contributed by atoms with Crippen molar-refractivity contribution in [3.05, 3.63) is 18.0 Å². The van der Waals surface area contributed by atoms with Gasteiger partial charge in [0.2, 0.25) is 5.95 Å². The normalized spacial score (nSPS) is 19.8. The Kier molecular flexibility index (Phi) is 5.30. The van der Waals surface area contributed by atoms with Crippen LogP contribution in [-0.2, 0) is 14.6 Å². The molecule has 2 heterocycles. The molecule has 0 saturated carbocycles. The SMILES string of the molecule is COCCNC(=O)c1cnc(N(C)C2CCS(=O)(=O)C2)nc1. The van der Waals surface area contributed by atoms with Crippen molar-refractivity contribution in [3.63, 3.8) is 0 Å². The molecular formula is C13H20N4O4S. The summed E-state index contributed by atoms with van der Waals surface area (Å²) in [4.78, 5) is 21.8. The Morgan fingerprint density at radius 3 is 2.68 bits per heavy atom. The first-order valence-corrected chi connectivity index (χ1v) is 8.77. The van der Waals surface area contributed by atoms with Crippen LogP contribution in [0.5, 0.6) is 0 Å². The molecule has 0 aliphatic carbocycles. The lowest BCUT2D eigenvalue weighted by atomic mass is 10.2. The molecule has 9 heteroatoms. The summed E-state index contributed by atoms with van der Waals surface area (Å²) in [6, 6.07) is -0.119. The number of nitrogens with one attached hydrogen (secondary N) is 1. The molecule has 0 spiro atoms. The number of anilines is 1. The van der Waals surface area contributed by atoms with Crippen molar-refractivity contribution in [2.45, 2.75) is 12.5 Å². The maximum atomic E-state index is 11.8. The second-order valence-electron chi connectivity index (χ2n) is 5.19. The Morgan fingerprint density at radius 2 is 2.14 bits per heavy atom. The molecule has 22 heavy (non-hydrogen) atoms. The third-order valence-corrected chi connectivity index (χ3v) is 5.31. The Hall–Kier alpha value is -1.74. The number of hydrogen-bond acceptors (Lipinski definition) is 7. The van der Waals surface area contributed by atoms with Crippen LogP contribution in [0.25, 0.3) is 0 Å². The van der Waals surface area contributed by atoms with Gasteiger partial charge in [-0.1, -0.05) is 0 Å². The van der Waals surface area contributed by atoms with Gasteiger partial charge in [0.05, 0.1) is 23.7 Å². The Morgan fingerprint density at radius 1 is 1.45 bits per heavy atom. The first-order valence-electron chi connectivity index (χ1n) is 6.95. The lowest BCUT2D eigenvalue weighted by Gasteiger charge is -2.23. The fourth-order valence-corrected chi connectivity index (χ4v) is 4.01. The van der Waals surface area contributed by atoms with Crippen LogP contribution in [0.1, 0.15) is 16.8 Å². The fourth-order valence-electron chi connectivity index (χ4n) is 2.23. The number of carbonyl (C=O) groups excluding carboxylic acids is 1. The zero-order chi connectivity index (χ0) is 16.2. The zero-order valence-corrected chi connectivity index (χ0v) is 13.5. The van der Waals surface area contributed by atoms with E-state index in [0.717, 1.165) is 0 Å². The van der Waals surface area contributed by atoms with E-state index in [0.29, 0.717) is 31.1 Å². The number of hydrogen-bond donors (Lipinski definition) is 1. The highest BCUT2D eigenvalue weighted by Gasteiger charge is 2.31. The molecule has 1 atom stereocenters. The lowest BCUT2D eigenvalue weighted by molar-refractivity contribution is 0.0936. The first-order chi connectivity index (χ1) is 10.4. The van der Waals surface area contributed by atoms with E-state index < -0.39 is 9.84 Å². The number of amides is 1. The van der Waals surface area contributed by atoms with Crippen LogP contribution < -0.4 is 10.2 Å². The molecule has 1 aliphatic heterocycles. The number of nitrogens with zero attached hydrogens (tertiary/aromatic N) is 3. The van der Waals surface area contributed by atoms with Gasteiger partial charge in [0.1, 0.15) is 0 Å². The van der Waals surface area contributed by atoms with E-state index in [9.17, 15) is 13.2 Å². The van der Waals surface area contributed by atoms with Crippen molar-refractivity contribution in [3.8, 4) is 0 Å². The van der Waals surface area contributed by atoms with Gasteiger partial charge in [-0.15, -0.1) is 0 Å². The molecule has 0 aromatic carbocycles. The van der Waals surface area contributed by atoms with E-state index in [4.69, 9.17) is 4.74 Å². The van der Waals surface area contributed by atoms with Gasteiger partial charge in [-0.25, -0.2) is 18.4 Å². The Labute approximate surface area is 129 Å². The zero-order valence-electron chi connectivity index (χ0n) is 12.7. The van der Waals surface area contributed by atoms with E-state index in [1.807, 2.05) is 0 Å². The van der Waals surface area contributed by atoms with Crippen LogP contribution in [0, 0.1) is 0 Å². The van der Waals surface area contributed by atoms with E-state index >= 15 is 0 Å². The van der Waals surface area contributed by atoms with Crippen LogP contribution in [-0.4, -0.2) is 69.1 Å². The molecule has 1 aromatic rings. The van der Waals surface area contributed by atoms with Gasteiger partial charge in [0, 0.05) is 39.1 Å². The van der Waals surface area contributed by atoms with Crippen molar-refractivity contribution in [1.82, 2.24) is 15.3 Å². The molecule has 2 rings (SSSR count). The van der Waals surface area contributed by atoms with E-state index in [-0.39, 0.29) is 23.5 Å². The van der Waals surface area contributed by atoms with Crippen LogP contribution >= 0.6 is 0 Å². The molecule has 1 aromatic heterocycles. The number of ether oxygens (including phenoxy) is 1.